The van der Waals surface area contributed by atoms with Crippen molar-refractivity contribution in [3.8, 4) is 0 Å². The molecule has 0 saturated carbocycles. The Bertz CT molecular complexity index is 836. The number of ether oxygens (including phenoxy) is 1. The van der Waals surface area contributed by atoms with Gasteiger partial charge in [-0.2, -0.15) is 13.2 Å². The third kappa shape index (κ3) is 7.36. The molecule has 150 valence electrons. The summed E-state index contributed by atoms with van der Waals surface area (Å²) >= 11 is 0. The molecular weight excluding hydrogens is 381 g/mol. The van der Waals surface area contributed by atoms with Crippen molar-refractivity contribution >= 4 is 29.2 Å². The minimum Gasteiger partial charge on any atom is -0.475 e. The highest BCUT2D eigenvalue weighted by molar-refractivity contribution is 6.05. The molecule has 10 heteroatoms. The zero-order valence-corrected chi connectivity index (χ0v) is 14.6. The number of nitrogens with one attached hydrogen (secondary N) is 1. The lowest BCUT2D eigenvalue weighted by Crippen LogP contribution is -2.21. The van der Waals surface area contributed by atoms with E-state index in [4.69, 9.17) is 20.4 Å². The lowest BCUT2D eigenvalue weighted by Gasteiger charge is -2.07. The fourth-order valence-corrected chi connectivity index (χ4v) is 1.79. The fourth-order valence-electron chi connectivity index (χ4n) is 1.79. The molecule has 0 unspecified atom stereocenters. The first-order chi connectivity index (χ1) is 13.0. The summed E-state index contributed by atoms with van der Waals surface area (Å²) in [7, 11) is 0. The number of anilines is 2. The Balaban J connectivity index is 0.000000480. The van der Waals surface area contributed by atoms with Gasteiger partial charge in [-0.15, -0.1) is 0 Å². The van der Waals surface area contributed by atoms with Crippen molar-refractivity contribution in [1.29, 1.82) is 0 Å². The van der Waals surface area contributed by atoms with Crippen LogP contribution in [0, 0.1) is 0 Å². The van der Waals surface area contributed by atoms with Gasteiger partial charge in [0.1, 0.15) is 0 Å². The van der Waals surface area contributed by atoms with Gasteiger partial charge in [0.25, 0.3) is 5.91 Å². The molecule has 7 nitrogen and oxygen atoms in total. The van der Waals surface area contributed by atoms with Crippen molar-refractivity contribution < 1.29 is 37.4 Å². The molecule has 28 heavy (non-hydrogen) atoms. The van der Waals surface area contributed by atoms with E-state index >= 15 is 0 Å². The molecule has 0 atom stereocenters. The van der Waals surface area contributed by atoms with Crippen LogP contribution in [0.1, 0.15) is 27.6 Å². The zero-order chi connectivity index (χ0) is 21.3. The maximum absolute atomic E-state index is 12.1. The van der Waals surface area contributed by atoms with Crippen LogP contribution in [-0.2, 0) is 9.53 Å². The summed E-state index contributed by atoms with van der Waals surface area (Å²) in [4.78, 5) is 32.5. The number of halogens is 3. The predicted octanol–water partition coefficient (Wildman–Crippen LogP) is 3.33. The third-order valence-electron chi connectivity index (χ3n) is 3.05. The molecule has 0 aliphatic rings. The second kappa shape index (κ2) is 9.95. The van der Waals surface area contributed by atoms with E-state index in [9.17, 15) is 22.8 Å². The van der Waals surface area contributed by atoms with E-state index < -0.39 is 18.1 Å². The van der Waals surface area contributed by atoms with Gasteiger partial charge in [-0.3, -0.25) is 4.79 Å². The van der Waals surface area contributed by atoms with Gasteiger partial charge in [0, 0.05) is 16.9 Å². The smallest absolute Gasteiger partial charge is 0.475 e. The number of carbonyl (C=O) groups is 3. The van der Waals surface area contributed by atoms with Crippen molar-refractivity contribution in [1.82, 2.24) is 0 Å². The van der Waals surface area contributed by atoms with Gasteiger partial charge in [0.2, 0.25) is 0 Å². The van der Waals surface area contributed by atoms with Crippen molar-refractivity contribution in [3.63, 3.8) is 0 Å². The van der Waals surface area contributed by atoms with Gasteiger partial charge in [-0.25, -0.2) is 9.59 Å². The van der Waals surface area contributed by atoms with E-state index in [0.717, 1.165) is 0 Å². The number of aliphatic carboxylic acids is 1. The van der Waals surface area contributed by atoms with E-state index in [1.807, 2.05) is 0 Å². The van der Waals surface area contributed by atoms with Crippen LogP contribution >= 0.6 is 0 Å². The molecule has 0 spiro atoms. The number of carboxylic acids is 1. The molecule has 2 aromatic carbocycles. The minimum atomic E-state index is -5.08. The van der Waals surface area contributed by atoms with Crippen LogP contribution in [0.15, 0.2) is 48.5 Å². The largest absolute Gasteiger partial charge is 0.490 e. The van der Waals surface area contributed by atoms with E-state index in [1.165, 1.54) is 0 Å². The lowest BCUT2D eigenvalue weighted by atomic mass is 10.1. The summed E-state index contributed by atoms with van der Waals surface area (Å²) in [6.07, 6.45) is -5.08. The number of hydrogen-bond donors (Lipinski definition) is 3. The first-order valence-corrected chi connectivity index (χ1v) is 7.78. The number of nitrogen functional groups attached to an aromatic ring is 1. The lowest BCUT2D eigenvalue weighted by molar-refractivity contribution is -0.192. The number of carbonyl (C=O) groups excluding carboxylic acids is 2. The monoisotopic (exact) mass is 398 g/mol. The summed E-state index contributed by atoms with van der Waals surface area (Å²) in [5, 5.41) is 9.86. The highest BCUT2D eigenvalue weighted by Gasteiger charge is 2.38. The second-order valence-electron chi connectivity index (χ2n) is 5.18. The van der Waals surface area contributed by atoms with Crippen LogP contribution in [-0.4, -0.2) is 35.7 Å². The standard InChI is InChI=1S/C16H16N2O3.C2HF3O2/c1-2-21-16(20)12-8-6-11(7-9-12)15(19)18-14-5-3-4-13(17)10-14;3-2(4,5)1(6)7/h3-10H,2,17H2,1H3,(H,18,19);(H,6,7). The van der Waals surface area contributed by atoms with Gasteiger partial charge in [0.15, 0.2) is 0 Å². The molecule has 0 radical (unpaired) electrons. The topological polar surface area (TPSA) is 119 Å². The zero-order valence-electron chi connectivity index (χ0n) is 14.6. The third-order valence-corrected chi connectivity index (χ3v) is 3.05. The van der Waals surface area contributed by atoms with Gasteiger partial charge < -0.3 is 20.9 Å². The molecular formula is C18H17F3N2O5. The summed E-state index contributed by atoms with van der Waals surface area (Å²) in [5.41, 5.74) is 7.71. The van der Waals surface area contributed by atoms with Gasteiger partial charge in [-0.1, -0.05) is 6.07 Å². The summed E-state index contributed by atoms with van der Waals surface area (Å²) in [6, 6.07) is 13.2. The normalized spacial score (nSPS) is 10.3. The van der Waals surface area contributed by atoms with E-state index in [0.29, 0.717) is 29.1 Å². The van der Waals surface area contributed by atoms with Gasteiger partial charge >= 0.3 is 18.1 Å². The van der Waals surface area contributed by atoms with Crippen molar-refractivity contribution in [3.05, 3.63) is 59.7 Å². The van der Waals surface area contributed by atoms with Crippen LogP contribution in [0.25, 0.3) is 0 Å². The molecule has 1 amide bonds. The van der Waals surface area contributed by atoms with Crippen LogP contribution in [0.3, 0.4) is 0 Å². The Labute approximate surface area is 157 Å². The molecule has 2 aromatic rings. The average Bonchev–Trinajstić information content (AvgIpc) is 2.62. The van der Waals surface area contributed by atoms with Crippen LogP contribution in [0.5, 0.6) is 0 Å². The molecule has 0 fully saturated rings. The predicted molar refractivity (Wildman–Crippen MR) is 94.9 cm³/mol. The van der Waals surface area contributed by atoms with Gasteiger partial charge in [0.05, 0.1) is 12.2 Å². The van der Waals surface area contributed by atoms with Crippen LogP contribution < -0.4 is 11.1 Å². The van der Waals surface area contributed by atoms with Crippen LogP contribution in [0.4, 0.5) is 24.5 Å². The molecule has 0 aromatic heterocycles. The van der Waals surface area contributed by atoms with Crippen molar-refractivity contribution in [2.45, 2.75) is 13.1 Å². The maximum atomic E-state index is 12.1. The van der Waals surface area contributed by atoms with Crippen molar-refractivity contribution in [2.75, 3.05) is 17.7 Å². The number of esters is 1. The molecule has 4 N–H and O–H groups in total. The summed E-state index contributed by atoms with van der Waals surface area (Å²) < 4.78 is 36.6. The average molecular weight is 398 g/mol. The summed E-state index contributed by atoms with van der Waals surface area (Å²) in [6.45, 7) is 2.06. The number of nitrogens with two attached hydrogens (primary N) is 1. The minimum absolute atomic E-state index is 0.268. The number of benzene rings is 2. The first-order valence-electron chi connectivity index (χ1n) is 7.78. The van der Waals surface area contributed by atoms with E-state index in [1.54, 1.807) is 55.5 Å². The van der Waals surface area contributed by atoms with Crippen molar-refractivity contribution in [2.24, 2.45) is 0 Å². The van der Waals surface area contributed by atoms with Gasteiger partial charge in [-0.05, 0) is 49.4 Å². The Hall–Kier alpha value is -3.56. The van der Waals surface area contributed by atoms with E-state index in [-0.39, 0.29) is 5.91 Å². The molecule has 0 aliphatic heterocycles. The molecule has 0 saturated heterocycles. The fraction of sp³-hybridized carbons (Fsp3) is 0.167. The highest BCUT2D eigenvalue weighted by atomic mass is 19.4. The summed E-state index contributed by atoms with van der Waals surface area (Å²) in [5.74, 6) is -3.43. The number of amides is 1. The Kier molecular flexibility index (Phi) is 7.99. The van der Waals surface area contributed by atoms with E-state index in [2.05, 4.69) is 5.32 Å². The Morgan fingerprint density at radius 2 is 1.61 bits per heavy atom. The number of hydrogen-bond acceptors (Lipinski definition) is 5. The molecule has 0 heterocycles. The Morgan fingerprint density at radius 1 is 1.07 bits per heavy atom. The maximum Gasteiger partial charge on any atom is 0.490 e. The quantitative estimate of drug-likeness (QED) is 0.537. The number of rotatable bonds is 4. The van der Waals surface area contributed by atoms with Crippen LogP contribution in [0.2, 0.25) is 0 Å². The number of carboxylic acid groups (broad SMARTS) is 1. The SMILES string of the molecule is CCOC(=O)c1ccc(C(=O)Nc2cccc(N)c2)cc1.O=C(O)C(F)(F)F. The first kappa shape index (κ1) is 22.5. The highest BCUT2D eigenvalue weighted by Crippen LogP contribution is 2.14. The Morgan fingerprint density at radius 3 is 2.07 bits per heavy atom. The molecule has 0 bridgehead atoms. The molecule has 2 rings (SSSR count). The second-order valence-corrected chi connectivity index (χ2v) is 5.18. The number of alkyl halides is 3. The molecule has 0 aliphatic carbocycles.